The standard InChI is InChI=1S/C15H17F17O2Si/c1-33-35(3,34-2)15(31,32)14(29,30)13(27,28)12(25,26)11(23,24)10(21,22)8(16,17)6-4-5-7-9(18,19)20/h4-7H2,1-3H3. The normalized spacial score (nSPS) is 16.1. The molecule has 0 aliphatic carbocycles. The van der Waals surface area contributed by atoms with E-state index in [0.717, 1.165) is 0 Å². The largest absolute Gasteiger partial charge is 0.418 e. The Morgan fingerprint density at radius 3 is 1.14 bits per heavy atom. The van der Waals surface area contributed by atoms with Crippen molar-refractivity contribution in [3.63, 3.8) is 0 Å². The second-order valence-corrected chi connectivity index (χ2v) is 10.7. The van der Waals surface area contributed by atoms with E-state index in [1.165, 1.54) is 0 Å². The molecule has 2 nitrogen and oxygen atoms in total. The van der Waals surface area contributed by atoms with Crippen LogP contribution in [0.1, 0.15) is 25.7 Å². The minimum Gasteiger partial charge on any atom is -0.394 e. The molecule has 0 aromatic carbocycles. The zero-order chi connectivity index (χ0) is 28.7. The van der Waals surface area contributed by atoms with Gasteiger partial charge in [-0.2, -0.15) is 74.6 Å². The summed E-state index contributed by atoms with van der Waals surface area (Å²) in [5.41, 5.74) is -6.54. The molecule has 0 bridgehead atoms. The smallest absolute Gasteiger partial charge is 0.394 e. The topological polar surface area (TPSA) is 18.5 Å². The molecule has 0 saturated carbocycles. The molecule has 35 heavy (non-hydrogen) atoms. The van der Waals surface area contributed by atoms with Crippen LogP contribution in [0.2, 0.25) is 6.55 Å². The van der Waals surface area contributed by atoms with Crippen molar-refractivity contribution >= 4 is 8.56 Å². The highest BCUT2D eigenvalue weighted by Gasteiger charge is 2.94. The first-order valence-electron chi connectivity index (χ1n) is 8.89. The molecule has 0 unspecified atom stereocenters. The maximum Gasteiger partial charge on any atom is 0.418 e. The van der Waals surface area contributed by atoms with E-state index in [2.05, 4.69) is 8.85 Å². The Labute approximate surface area is 187 Å². The van der Waals surface area contributed by atoms with E-state index in [4.69, 9.17) is 0 Å². The average Bonchev–Trinajstić information content (AvgIpc) is 2.68. The molecular weight excluding hydrogens is 563 g/mol. The summed E-state index contributed by atoms with van der Waals surface area (Å²) in [6, 6.07) is 0. The predicted molar refractivity (Wildman–Crippen MR) is 84.8 cm³/mol. The van der Waals surface area contributed by atoms with E-state index < -0.39 is 81.5 Å². The molecule has 0 aromatic heterocycles. The van der Waals surface area contributed by atoms with Crippen LogP contribution in [-0.4, -0.2) is 70.0 Å². The van der Waals surface area contributed by atoms with Crippen LogP contribution in [0.25, 0.3) is 0 Å². The maximum absolute atomic E-state index is 14.1. The van der Waals surface area contributed by atoms with Crippen molar-refractivity contribution in [1.82, 2.24) is 0 Å². The first-order chi connectivity index (χ1) is 15.1. The van der Waals surface area contributed by atoms with Crippen LogP contribution in [0.4, 0.5) is 74.6 Å². The first-order valence-corrected chi connectivity index (χ1v) is 11.2. The van der Waals surface area contributed by atoms with Crippen LogP contribution in [-0.2, 0) is 8.85 Å². The van der Waals surface area contributed by atoms with Gasteiger partial charge in [-0.1, -0.05) is 0 Å². The SMILES string of the molecule is CO[Si](C)(OC)C(F)(F)C(F)(F)C(F)(F)C(F)(F)C(F)(F)C(F)(F)C(F)(F)CCCCC(F)(F)F. The molecular formula is C15H17F17O2Si. The fourth-order valence-electron chi connectivity index (χ4n) is 2.47. The Bertz CT molecular complexity index is 715. The second-order valence-electron chi connectivity index (χ2n) is 7.33. The zero-order valence-electron chi connectivity index (χ0n) is 17.6. The van der Waals surface area contributed by atoms with Crippen LogP contribution in [0.3, 0.4) is 0 Å². The van der Waals surface area contributed by atoms with E-state index in [-0.39, 0.29) is 20.8 Å². The van der Waals surface area contributed by atoms with Gasteiger partial charge < -0.3 is 8.85 Å². The summed E-state index contributed by atoms with van der Waals surface area (Å²) < 4.78 is 237. The van der Waals surface area contributed by atoms with E-state index >= 15 is 0 Å². The van der Waals surface area contributed by atoms with Gasteiger partial charge in [0.25, 0.3) is 0 Å². The summed E-state index contributed by atoms with van der Waals surface area (Å²) in [5, 5.41) is 0. The number of hydrogen-bond donors (Lipinski definition) is 0. The van der Waals surface area contributed by atoms with Crippen LogP contribution in [0.5, 0.6) is 0 Å². The van der Waals surface area contributed by atoms with Crippen LogP contribution in [0.15, 0.2) is 0 Å². The van der Waals surface area contributed by atoms with Crippen LogP contribution < -0.4 is 0 Å². The lowest BCUT2D eigenvalue weighted by molar-refractivity contribution is -0.437. The highest BCUT2D eigenvalue weighted by atomic mass is 28.4. The molecule has 0 rings (SSSR count). The van der Waals surface area contributed by atoms with Crippen molar-refractivity contribution in [3.8, 4) is 0 Å². The summed E-state index contributed by atoms with van der Waals surface area (Å²) in [4.78, 5) is 0. The maximum atomic E-state index is 14.1. The minimum atomic E-state index is -8.28. The van der Waals surface area contributed by atoms with Crippen molar-refractivity contribution in [2.24, 2.45) is 0 Å². The lowest BCUT2D eigenvalue weighted by Gasteiger charge is -2.44. The van der Waals surface area contributed by atoms with Crippen molar-refractivity contribution in [3.05, 3.63) is 0 Å². The molecule has 0 aromatic rings. The summed E-state index contributed by atoms with van der Waals surface area (Å²) in [5.74, 6) is -46.3. The number of rotatable bonds is 13. The van der Waals surface area contributed by atoms with Gasteiger partial charge in [0.05, 0.1) is 0 Å². The van der Waals surface area contributed by atoms with E-state index in [9.17, 15) is 74.6 Å². The van der Waals surface area contributed by atoms with Crippen molar-refractivity contribution in [2.45, 2.75) is 79.5 Å². The number of hydrogen-bond acceptors (Lipinski definition) is 2. The Kier molecular flexibility index (Phi) is 9.39. The Morgan fingerprint density at radius 1 is 0.486 bits per heavy atom. The quantitative estimate of drug-likeness (QED) is 0.128. The summed E-state index contributed by atoms with van der Waals surface area (Å²) in [6.07, 6.45) is -12.8. The highest BCUT2D eigenvalue weighted by molar-refractivity contribution is 6.68. The molecule has 0 fully saturated rings. The summed E-state index contributed by atoms with van der Waals surface area (Å²) in [7, 11) is -5.70. The molecule has 0 N–H and O–H groups in total. The van der Waals surface area contributed by atoms with Crippen molar-refractivity contribution in [1.29, 1.82) is 0 Å². The third kappa shape index (κ3) is 5.33. The molecule has 0 radical (unpaired) electrons. The molecule has 0 aliphatic rings. The molecule has 0 amide bonds. The van der Waals surface area contributed by atoms with Gasteiger partial charge in [0.15, 0.2) is 0 Å². The zero-order valence-corrected chi connectivity index (χ0v) is 18.6. The monoisotopic (exact) mass is 580 g/mol. The van der Waals surface area contributed by atoms with Gasteiger partial charge in [-0.25, -0.2) is 0 Å². The van der Waals surface area contributed by atoms with E-state index in [1.807, 2.05) is 0 Å². The molecule has 0 saturated heterocycles. The second kappa shape index (κ2) is 9.68. The van der Waals surface area contributed by atoms with E-state index in [0.29, 0.717) is 0 Å². The Morgan fingerprint density at radius 2 is 0.800 bits per heavy atom. The molecule has 0 heterocycles. The molecule has 212 valence electrons. The fraction of sp³-hybridized carbons (Fsp3) is 1.00. The molecule has 0 atom stereocenters. The van der Waals surface area contributed by atoms with Crippen molar-refractivity contribution in [2.75, 3.05) is 14.2 Å². The predicted octanol–water partition coefficient (Wildman–Crippen LogP) is 7.46. The van der Waals surface area contributed by atoms with Gasteiger partial charge >= 0.3 is 55.8 Å². The van der Waals surface area contributed by atoms with Crippen LogP contribution in [0, 0.1) is 0 Å². The Hall–Kier alpha value is -1.05. The fourth-order valence-corrected chi connectivity index (χ4v) is 3.88. The Balaban J connectivity index is 6.40. The molecule has 20 heteroatoms. The summed E-state index contributed by atoms with van der Waals surface area (Å²) >= 11 is 0. The van der Waals surface area contributed by atoms with Gasteiger partial charge in [0, 0.05) is 27.1 Å². The third-order valence-electron chi connectivity index (χ3n) is 4.98. The van der Waals surface area contributed by atoms with Crippen molar-refractivity contribution < 1.29 is 83.5 Å². The van der Waals surface area contributed by atoms with Gasteiger partial charge in [-0.15, -0.1) is 0 Å². The summed E-state index contributed by atoms with van der Waals surface area (Å²) in [6.45, 7) is -0.114. The molecule has 0 aliphatic heterocycles. The van der Waals surface area contributed by atoms with Gasteiger partial charge in [-0.3, -0.25) is 0 Å². The van der Waals surface area contributed by atoms with Gasteiger partial charge in [-0.05, 0) is 19.4 Å². The first kappa shape index (κ1) is 33.9. The number of unbranched alkanes of at least 4 members (excludes halogenated alkanes) is 1. The van der Waals surface area contributed by atoms with Gasteiger partial charge in [0.1, 0.15) is 0 Å². The number of alkyl halides is 17. The van der Waals surface area contributed by atoms with E-state index in [1.54, 1.807) is 0 Å². The lowest BCUT2D eigenvalue weighted by Crippen LogP contribution is -2.76. The number of halogens is 17. The van der Waals surface area contributed by atoms with Crippen LogP contribution >= 0.6 is 0 Å². The minimum absolute atomic E-state index is 0.114. The highest BCUT2D eigenvalue weighted by Crippen LogP contribution is 2.63. The average molecular weight is 580 g/mol. The van der Waals surface area contributed by atoms with Gasteiger partial charge in [0.2, 0.25) is 0 Å². The third-order valence-corrected chi connectivity index (χ3v) is 7.99. The molecule has 0 spiro atoms. The lowest BCUT2D eigenvalue weighted by atomic mass is 9.89.